The van der Waals surface area contributed by atoms with Crippen LogP contribution in [0.15, 0.2) is 54.3 Å². The normalized spacial score (nSPS) is 28.6. The molecule has 6 rings (SSSR count). The number of halogens is 3. The molecule has 5 atom stereocenters. The fourth-order valence-corrected chi connectivity index (χ4v) is 6.53. The van der Waals surface area contributed by atoms with Crippen LogP contribution in [0.25, 0.3) is 0 Å². The number of carboxylic acid groups (broad SMARTS) is 1. The van der Waals surface area contributed by atoms with Gasteiger partial charge in [-0.05, 0) is 49.7 Å². The monoisotopic (exact) mass is 563 g/mol. The Kier molecular flexibility index (Phi) is 6.84. The summed E-state index contributed by atoms with van der Waals surface area (Å²) in [4.78, 5) is 24.0. The third-order valence-electron chi connectivity index (χ3n) is 8.36. The molecule has 3 N–H and O–H groups in total. The highest BCUT2D eigenvalue weighted by Gasteiger charge is 2.72. The quantitative estimate of drug-likeness (QED) is 0.482. The highest BCUT2D eigenvalue weighted by molar-refractivity contribution is 5.78. The summed E-state index contributed by atoms with van der Waals surface area (Å²) >= 11 is 0. The molecule has 214 valence electrons. The number of likely N-dealkylation sites (tertiary alicyclic amines) is 1. The summed E-state index contributed by atoms with van der Waals surface area (Å²) in [5.74, 6) is -1.95. The van der Waals surface area contributed by atoms with E-state index < -0.39 is 41.3 Å². The van der Waals surface area contributed by atoms with Crippen molar-refractivity contribution >= 4 is 11.9 Å². The van der Waals surface area contributed by atoms with E-state index in [1.54, 1.807) is 37.5 Å². The van der Waals surface area contributed by atoms with Crippen molar-refractivity contribution in [3.8, 4) is 11.5 Å². The fourth-order valence-electron chi connectivity index (χ4n) is 6.53. The number of esters is 1. The van der Waals surface area contributed by atoms with Gasteiger partial charge in [-0.2, -0.15) is 13.2 Å². The lowest BCUT2D eigenvalue weighted by molar-refractivity contribution is -0.192. The van der Waals surface area contributed by atoms with Crippen LogP contribution in [-0.4, -0.2) is 76.8 Å². The van der Waals surface area contributed by atoms with E-state index >= 15 is 0 Å². The molecule has 1 fully saturated rings. The fraction of sp³-hybridized carbons (Fsp3) is 0.429. The van der Waals surface area contributed by atoms with Crippen LogP contribution < -0.4 is 9.47 Å². The topological polar surface area (TPSA) is 126 Å². The molecule has 4 aliphatic rings. The van der Waals surface area contributed by atoms with Crippen molar-refractivity contribution in [2.24, 2.45) is 0 Å². The molecule has 0 saturated carbocycles. The predicted octanol–water partition coefficient (Wildman–Crippen LogP) is 2.88. The van der Waals surface area contributed by atoms with E-state index in [1.807, 2.05) is 19.2 Å². The number of nitrogens with zero attached hydrogens (tertiary/aromatic N) is 1. The molecule has 9 nitrogen and oxygen atoms in total. The van der Waals surface area contributed by atoms with Gasteiger partial charge in [0, 0.05) is 18.0 Å². The molecular weight excluding hydrogens is 535 g/mol. The van der Waals surface area contributed by atoms with Gasteiger partial charge in [-0.25, -0.2) is 9.59 Å². The third kappa shape index (κ3) is 4.13. The summed E-state index contributed by atoms with van der Waals surface area (Å²) in [6.07, 6.45) is -3.70. The minimum Gasteiger partial charge on any atom is -0.493 e. The second-order valence-corrected chi connectivity index (χ2v) is 10.3. The minimum absolute atomic E-state index is 0.0763. The van der Waals surface area contributed by atoms with E-state index in [4.69, 9.17) is 24.1 Å². The van der Waals surface area contributed by atoms with E-state index in [2.05, 4.69) is 11.0 Å². The Labute approximate surface area is 227 Å². The Hall–Kier alpha value is -3.61. The minimum atomic E-state index is -5.08. The maximum absolute atomic E-state index is 12.9. The first-order valence-corrected chi connectivity index (χ1v) is 12.6. The molecule has 2 aliphatic heterocycles. The zero-order valence-electron chi connectivity index (χ0n) is 21.6. The molecule has 0 radical (unpaired) electrons. The second-order valence-electron chi connectivity index (χ2n) is 10.3. The van der Waals surface area contributed by atoms with Gasteiger partial charge in [-0.3, -0.25) is 0 Å². The van der Waals surface area contributed by atoms with Crippen molar-refractivity contribution in [2.45, 2.75) is 54.7 Å². The summed E-state index contributed by atoms with van der Waals surface area (Å²) in [5, 5.41) is 29.9. The number of ether oxygens (including phenoxy) is 3. The van der Waals surface area contributed by atoms with Gasteiger partial charge in [-0.1, -0.05) is 36.4 Å². The highest BCUT2D eigenvalue weighted by Crippen LogP contribution is 2.65. The molecule has 1 spiro atoms. The van der Waals surface area contributed by atoms with Crippen molar-refractivity contribution in [1.82, 2.24) is 4.90 Å². The maximum Gasteiger partial charge on any atom is 0.490 e. The van der Waals surface area contributed by atoms with Crippen LogP contribution in [0.1, 0.15) is 35.6 Å². The SMILES string of the molecule is COc1ccc2c3c1OC1C(OC(=O)C(O)c4ccccc4)=CCC4(O)C(C2)N(C)CCC314.O=C(O)C(F)(F)F. The molecule has 2 bridgehead atoms. The Morgan fingerprint density at radius 1 is 1.18 bits per heavy atom. The first-order chi connectivity index (χ1) is 18.8. The van der Waals surface area contributed by atoms with Crippen LogP contribution in [0.3, 0.4) is 0 Å². The lowest BCUT2D eigenvalue weighted by Gasteiger charge is -2.61. The molecular formula is C28H28F3NO8. The number of carbonyl (C=O) groups excluding carboxylic acids is 1. The molecule has 2 aliphatic carbocycles. The van der Waals surface area contributed by atoms with Crippen LogP contribution in [0.2, 0.25) is 0 Å². The van der Waals surface area contributed by atoms with Crippen LogP contribution in [-0.2, 0) is 26.2 Å². The summed E-state index contributed by atoms with van der Waals surface area (Å²) < 4.78 is 49.6. The number of piperidine rings is 1. The first-order valence-electron chi connectivity index (χ1n) is 12.6. The van der Waals surface area contributed by atoms with Crippen molar-refractivity contribution in [2.75, 3.05) is 20.7 Å². The molecule has 5 unspecified atom stereocenters. The van der Waals surface area contributed by atoms with Gasteiger partial charge in [0.05, 0.1) is 18.1 Å². The van der Waals surface area contributed by atoms with E-state index in [0.717, 1.165) is 17.7 Å². The molecule has 2 aromatic carbocycles. The Morgan fingerprint density at radius 2 is 1.85 bits per heavy atom. The molecule has 0 amide bonds. The number of carbonyl (C=O) groups is 2. The number of benzene rings is 2. The van der Waals surface area contributed by atoms with Gasteiger partial charge < -0.3 is 34.4 Å². The number of hydrogen-bond acceptors (Lipinski definition) is 8. The van der Waals surface area contributed by atoms with Gasteiger partial charge in [0.2, 0.25) is 0 Å². The number of methoxy groups -OCH3 is 1. The number of aliphatic hydroxyl groups excluding tert-OH is 1. The number of likely N-dealkylation sites (N-methyl/N-ethyl adjacent to an activating group) is 1. The zero-order valence-corrected chi connectivity index (χ0v) is 21.6. The predicted molar refractivity (Wildman–Crippen MR) is 133 cm³/mol. The maximum atomic E-state index is 12.9. The summed E-state index contributed by atoms with van der Waals surface area (Å²) in [5.41, 5.74) is 0.757. The van der Waals surface area contributed by atoms with Crippen molar-refractivity contribution in [3.05, 3.63) is 71.0 Å². The van der Waals surface area contributed by atoms with Crippen LogP contribution in [0.5, 0.6) is 11.5 Å². The second kappa shape index (κ2) is 9.79. The van der Waals surface area contributed by atoms with Crippen LogP contribution in [0, 0.1) is 0 Å². The van der Waals surface area contributed by atoms with E-state index in [1.165, 1.54) is 0 Å². The van der Waals surface area contributed by atoms with Gasteiger partial charge >= 0.3 is 18.1 Å². The smallest absolute Gasteiger partial charge is 0.490 e. The molecule has 0 aromatic heterocycles. The molecule has 40 heavy (non-hydrogen) atoms. The van der Waals surface area contributed by atoms with Gasteiger partial charge in [0.25, 0.3) is 0 Å². The van der Waals surface area contributed by atoms with Gasteiger partial charge in [0.1, 0.15) is 5.76 Å². The van der Waals surface area contributed by atoms with Gasteiger partial charge in [-0.15, -0.1) is 0 Å². The average molecular weight is 564 g/mol. The number of aliphatic carboxylic acids is 1. The van der Waals surface area contributed by atoms with Crippen LogP contribution >= 0.6 is 0 Å². The van der Waals surface area contributed by atoms with Crippen LogP contribution in [0.4, 0.5) is 13.2 Å². The lowest BCUT2D eigenvalue weighted by Crippen LogP contribution is -2.74. The van der Waals surface area contributed by atoms with Crippen molar-refractivity contribution in [3.63, 3.8) is 0 Å². The highest BCUT2D eigenvalue weighted by atomic mass is 19.4. The Morgan fingerprint density at radius 3 is 2.48 bits per heavy atom. The largest absolute Gasteiger partial charge is 0.493 e. The zero-order chi connectivity index (χ0) is 29.0. The number of rotatable bonds is 4. The molecule has 2 heterocycles. The van der Waals surface area contributed by atoms with Gasteiger partial charge in [0.15, 0.2) is 23.7 Å². The summed E-state index contributed by atoms with van der Waals surface area (Å²) in [6.45, 7) is 0.788. The number of carboxylic acids is 1. The van der Waals surface area contributed by atoms with E-state index in [9.17, 15) is 28.2 Å². The molecule has 1 saturated heterocycles. The van der Waals surface area contributed by atoms with Crippen molar-refractivity contribution in [1.29, 1.82) is 0 Å². The Balaban J connectivity index is 0.000000411. The average Bonchev–Trinajstić information content (AvgIpc) is 3.28. The van der Waals surface area contributed by atoms with E-state index in [-0.39, 0.29) is 6.04 Å². The summed E-state index contributed by atoms with van der Waals surface area (Å²) in [7, 11) is 3.64. The lowest BCUT2D eigenvalue weighted by atomic mass is 9.50. The standard InChI is InChI=1S/C26H27NO6.C2HF3O2/c1-27-13-12-25-20-16-8-9-17(31-2)22(20)33-23(25)18(10-11-26(25,30)19(27)14-16)32-24(29)21(28)15-6-4-3-5-7-15;3-2(4,5)1(6)7/h3-10,19,21,23,28,30H,11-14H2,1-2H3;(H,6,7). The van der Waals surface area contributed by atoms with Crippen molar-refractivity contribution < 1.29 is 52.3 Å². The Bertz CT molecular complexity index is 1360. The molecule has 2 aromatic rings. The number of aliphatic hydroxyl groups is 2. The summed E-state index contributed by atoms with van der Waals surface area (Å²) in [6, 6.07) is 12.6. The number of hydrogen-bond donors (Lipinski definition) is 3. The third-order valence-corrected chi connectivity index (χ3v) is 8.36. The first kappa shape index (κ1) is 27.9. The number of alkyl halides is 3. The van der Waals surface area contributed by atoms with E-state index in [0.29, 0.717) is 42.1 Å². The molecule has 12 heteroatoms.